The van der Waals surface area contributed by atoms with Crippen LogP contribution in [0.5, 0.6) is 5.75 Å². The molecule has 0 unspecified atom stereocenters. The lowest BCUT2D eigenvalue weighted by Gasteiger charge is -2.04. The maximum absolute atomic E-state index is 11.6. The summed E-state index contributed by atoms with van der Waals surface area (Å²) in [5.74, 6) is 0.448. The molecule has 16 heavy (non-hydrogen) atoms. The molecule has 1 heterocycles. The second-order valence-electron chi connectivity index (χ2n) is 3.25. The SMILES string of the molecule is Cc1ccc(OC2=NC=C(Br)S2(=O)=O)cc1. The second kappa shape index (κ2) is 4.03. The van der Waals surface area contributed by atoms with Crippen LogP contribution in [0.15, 0.2) is 39.3 Å². The molecule has 0 spiro atoms. The molecule has 4 nitrogen and oxygen atoms in total. The third-order valence-corrected chi connectivity index (χ3v) is 4.73. The van der Waals surface area contributed by atoms with E-state index in [1.165, 1.54) is 6.20 Å². The molecule has 0 aromatic heterocycles. The second-order valence-corrected chi connectivity index (χ2v) is 6.42. The van der Waals surface area contributed by atoms with E-state index in [1.54, 1.807) is 12.1 Å². The van der Waals surface area contributed by atoms with Crippen LogP contribution in [0.2, 0.25) is 0 Å². The predicted molar refractivity (Wildman–Crippen MR) is 65.2 cm³/mol. The molecule has 2 rings (SSSR count). The van der Waals surface area contributed by atoms with E-state index < -0.39 is 9.84 Å². The first-order valence-corrected chi connectivity index (χ1v) is 6.71. The number of ether oxygens (including phenoxy) is 1. The summed E-state index contributed by atoms with van der Waals surface area (Å²) in [6.07, 6.45) is 1.21. The summed E-state index contributed by atoms with van der Waals surface area (Å²) in [5, 5.41) is -0.303. The van der Waals surface area contributed by atoms with E-state index in [0.29, 0.717) is 5.75 Å². The largest absolute Gasteiger partial charge is 0.430 e. The van der Waals surface area contributed by atoms with Crippen molar-refractivity contribution in [3.05, 3.63) is 39.8 Å². The zero-order chi connectivity index (χ0) is 11.8. The van der Waals surface area contributed by atoms with Gasteiger partial charge in [-0.05, 0) is 35.0 Å². The number of sulfone groups is 1. The molecule has 1 aromatic rings. The van der Waals surface area contributed by atoms with Crippen molar-refractivity contribution in [2.24, 2.45) is 4.99 Å². The first kappa shape index (κ1) is 11.3. The highest BCUT2D eigenvalue weighted by molar-refractivity contribution is 9.14. The standard InChI is InChI=1S/C10H8BrNO3S/c1-7-2-4-8(5-3-7)15-10-12-6-9(11)16(10,13)14/h2-6H,1H3. The zero-order valence-electron chi connectivity index (χ0n) is 8.34. The Morgan fingerprint density at radius 1 is 1.25 bits per heavy atom. The van der Waals surface area contributed by atoms with E-state index in [4.69, 9.17) is 4.74 Å². The maximum Gasteiger partial charge on any atom is 0.320 e. The van der Waals surface area contributed by atoms with Crippen LogP contribution in [-0.4, -0.2) is 13.6 Å². The molecule has 0 saturated carbocycles. The summed E-state index contributed by atoms with van der Waals surface area (Å²) < 4.78 is 28.4. The number of rotatable bonds is 1. The molecule has 0 atom stereocenters. The number of halogens is 1. The number of hydrogen-bond acceptors (Lipinski definition) is 4. The Balaban J connectivity index is 2.23. The smallest absolute Gasteiger partial charge is 0.320 e. The molecule has 0 amide bonds. The quantitative estimate of drug-likeness (QED) is 0.800. The first-order valence-electron chi connectivity index (χ1n) is 4.43. The summed E-state index contributed by atoms with van der Waals surface area (Å²) in [5.41, 5.74) is 1.07. The fourth-order valence-electron chi connectivity index (χ4n) is 1.11. The van der Waals surface area contributed by atoms with E-state index in [9.17, 15) is 8.42 Å². The van der Waals surface area contributed by atoms with Crippen LogP contribution in [0.25, 0.3) is 0 Å². The van der Waals surface area contributed by atoms with E-state index in [1.807, 2.05) is 19.1 Å². The lowest BCUT2D eigenvalue weighted by atomic mass is 10.2. The molecular weight excluding hydrogens is 294 g/mol. The monoisotopic (exact) mass is 301 g/mol. The number of hydrogen-bond donors (Lipinski definition) is 0. The maximum atomic E-state index is 11.6. The van der Waals surface area contributed by atoms with Gasteiger partial charge in [0, 0.05) is 0 Å². The molecule has 1 aliphatic rings. The van der Waals surface area contributed by atoms with Crippen molar-refractivity contribution in [3.63, 3.8) is 0 Å². The average Bonchev–Trinajstić information content (AvgIpc) is 2.48. The van der Waals surface area contributed by atoms with Crippen LogP contribution in [0.3, 0.4) is 0 Å². The fraction of sp³-hybridized carbons (Fsp3) is 0.100. The molecular formula is C10H8BrNO3S. The highest BCUT2D eigenvalue weighted by Gasteiger charge is 2.30. The van der Waals surface area contributed by atoms with Crippen molar-refractivity contribution in [1.82, 2.24) is 0 Å². The average molecular weight is 302 g/mol. The van der Waals surface area contributed by atoms with Gasteiger partial charge in [0.1, 0.15) is 9.56 Å². The number of aryl methyl sites for hydroxylation is 1. The van der Waals surface area contributed by atoms with Gasteiger partial charge in [-0.2, -0.15) is 0 Å². The van der Waals surface area contributed by atoms with Gasteiger partial charge in [0.05, 0.1) is 6.20 Å². The highest BCUT2D eigenvalue weighted by atomic mass is 79.9. The van der Waals surface area contributed by atoms with E-state index in [2.05, 4.69) is 20.9 Å². The highest BCUT2D eigenvalue weighted by Crippen LogP contribution is 2.24. The van der Waals surface area contributed by atoms with Crippen LogP contribution in [0.4, 0.5) is 0 Å². The van der Waals surface area contributed by atoms with Gasteiger partial charge in [0.15, 0.2) is 0 Å². The van der Waals surface area contributed by atoms with Gasteiger partial charge >= 0.3 is 5.23 Å². The first-order chi connectivity index (χ1) is 7.50. The van der Waals surface area contributed by atoms with Gasteiger partial charge in [-0.15, -0.1) is 0 Å². The Hall–Kier alpha value is -1.14. The van der Waals surface area contributed by atoms with Gasteiger partial charge in [-0.25, -0.2) is 13.4 Å². The minimum Gasteiger partial charge on any atom is -0.430 e. The van der Waals surface area contributed by atoms with Gasteiger partial charge in [0.25, 0.3) is 9.84 Å². The predicted octanol–water partition coefficient (Wildman–Crippen LogP) is 2.35. The van der Waals surface area contributed by atoms with Gasteiger partial charge in [-0.1, -0.05) is 17.7 Å². The number of aliphatic imine (C=N–C) groups is 1. The van der Waals surface area contributed by atoms with Gasteiger partial charge in [0.2, 0.25) is 0 Å². The lowest BCUT2D eigenvalue weighted by Crippen LogP contribution is -2.17. The summed E-state index contributed by atoms with van der Waals surface area (Å²) in [6, 6.07) is 7.05. The van der Waals surface area contributed by atoms with Crippen molar-refractivity contribution >= 4 is 31.0 Å². The van der Waals surface area contributed by atoms with Crippen molar-refractivity contribution in [2.75, 3.05) is 0 Å². The van der Waals surface area contributed by atoms with E-state index >= 15 is 0 Å². The molecule has 1 aliphatic heterocycles. The van der Waals surface area contributed by atoms with Crippen molar-refractivity contribution in [3.8, 4) is 5.75 Å². The van der Waals surface area contributed by atoms with Crippen LogP contribution >= 0.6 is 15.9 Å². The lowest BCUT2D eigenvalue weighted by molar-refractivity contribution is 0.550. The molecule has 0 saturated heterocycles. The molecule has 84 valence electrons. The normalized spacial score (nSPS) is 17.9. The number of benzene rings is 1. The molecule has 0 fully saturated rings. The van der Waals surface area contributed by atoms with E-state index in [0.717, 1.165) is 5.56 Å². The van der Waals surface area contributed by atoms with Crippen LogP contribution < -0.4 is 4.74 Å². The molecule has 0 N–H and O–H groups in total. The minimum atomic E-state index is -3.57. The van der Waals surface area contributed by atoms with Crippen LogP contribution in [0.1, 0.15) is 5.56 Å². The minimum absolute atomic E-state index is 0.0158. The number of nitrogens with zero attached hydrogens (tertiary/aromatic N) is 1. The fourth-order valence-corrected chi connectivity index (χ4v) is 2.39. The summed E-state index contributed by atoms with van der Waals surface area (Å²) in [7, 11) is -3.57. The van der Waals surface area contributed by atoms with Crippen LogP contribution in [0, 0.1) is 6.92 Å². The summed E-state index contributed by atoms with van der Waals surface area (Å²) in [4.78, 5) is 3.68. The third-order valence-electron chi connectivity index (χ3n) is 1.98. The molecule has 0 aliphatic carbocycles. The summed E-state index contributed by atoms with van der Waals surface area (Å²) in [6.45, 7) is 1.94. The zero-order valence-corrected chi connectivity index (χ0v) is 10.7. The topological polar surface area (TPSA) is 55.7 Å². The molecule has 0 radical (unpaired) electrons. The van der Waals surface area contributed by atoms with Gasteiger partial charge < -0.3 is 4.74 Å². The van der Waals surface area contributed by atoms with Crippen LogP contribution in [-0.2, 0) is 9.84 Å². The third kappa shape index (κ3) is 2.03. The van der Waals surface area contributed by atoms with Crippen molar-refractivity contribution in [1.29, 1.82) is 0 Å². The van der Waals surface area contributed by atoms with Crippen molar-refractivity contribution < 1.29 is 13.2 Å². The Morgan fingerprint density at radius 2 is 1.88 bits per heavy atom. The Morgan fingerprint density at radius 3 is 2.38 bits per heavy atom. The van der Waals surface area contributed by atoms with E-state index in [-0.39, 0.29) is 9.04 Å². The molecule has 0 bridgehead atoms. The van der Waals surface area contributed by atoms with Gasteiger partial charge in [-0.3, -0.25) is 0 Å². The summed E-state index contributed by atoms with van der Waals surface area (Å²) >= 11 is 2.90. The molecule has 6 heteroatoms. The Labute approximate surface area is 102 Å². The van der Waals surface area contributed by atoms with Crippen molar-refractivity contribution in [2.45, 2.75) is 6.92 Å². The Kier molecular flexibility index (Phi) is 2.86. The molecule has 1 aromatic carbocycles. The Bertz CT molecular complexity index is 573.